The summed E-state index contributed by atoms with van der Waals surface area (Å²) in [5.74, 6) is 0.544. The van der Waals surface area contributed by atoms with Crippen LogP contribution in [0.5, 0.6) is 5.75 Å². The van der Waals surface area contributed by atoms with Crippen LogP contribution in [0.25, 0.3) is 5.82 Å². The molecule has 0 saturated carbocycles. The molecule has 0 aromatic carbocycles. The maximum absolute atomic E-state index is 13.2. The van der Waals surface area contributed by atoms with Gasteiger partial charge in [0.2, 0.25) is 15.8 Å². The summed E-state index contributed by atoms with van der Waals surface area (Å²) in [6.07, 6.45) is 3.15. The molecule has 0 bridgehead atoms. The second-order valence-corrected chi connectivity index (χ2v) is 9.78. The Bertz CT molecular complexity index is 1020. The number of ether oxygens (including phenoxy) is 2. The van der Waals surface area contributed by atoms with Gasteiger partial charge in [-0.2, -0.15) is 14.1 Å². The average Bonchev–Trinajstić information content (AvgIpc) is 2.78. The molecular weight excluding hydrogens is 422 g/mol. The fourth-order valence-electron chi connectivity index (χ4n) is 3.26. The summed E-state index contributed by atoms with van der Waals surface area (Å²) < 4.78 is 38.7. The molecule has 3 rings (SSSR count). The zero-order valence-electron chi connectivity index (χ0n) is 18.1. The van der Waals surface area contributed by atoms with Gasteiger partial charge in [-0.05, 0) is 32.9 Å². The third-order valence-electron chi connectivity index (χ3n) is 4.99. The monoisotopic (exact) mass is 451 g/mol. The minimum absolute atomic E-state index is 0.153. The van der Waals surface area contributed by atoms with E-state index in [1.807, 2.05) is 11.8 Å². The van der Waals surface area contributed by atoms with Gasteiger partial charge in [0.05, 0.1) is 18.1 Å². The van der Waals surface area contributed by atoms with Crippen molar-refractivity contribution >= 4 is 15.7 Å². The van der Waals surface area contributed by atoms with Crippen LogP contribution >= 0.6 is 0 Å². The number of nitrogens with zero attached hydrogens (tertiary/aromatic N) is 5. The number of rotatable bonds is 9. The van der Waals surface area contributed by atoms with Crippen LogP contribution in [0.2, 0.25) is 0 Å². The molecule has 1 saturated heterocycles. The molecule has 1 fully saturated rings. The first-order chi connectivity index (χ1) is 14.9. The lowest BCUT2D eigenvalue weighted by Crippen LogP contribution is -2.50. The molecule has 2 aromatic heterocycles. The SMILES string of the molecule is CCOCCOc1c(N2CCN(S(=O)(=O)C(C)C)CC2)cnn(-c2ccccn2)c1=O. The van der Waals surface area contributed by atoms with Gasteiger partial charge in [0.25, 0.3) is 0 Å². The van der Waals surface area contributed by atoms with Gasteiger partial charge >= 0.3 is 5.56 Å². The average molecular weight is 452 g/mol. The van der Waals surface area contributed by atoms with Crippen LogP contribution in [0.15, 0.2) is 35.4 Å². The summed E-state index contributed by atoms with van der Waals surface area (Å²) in [6, 6.07) is 5.22. The lowest BCUT2D eigenvalue weighted by molar-refractivity contribution is 0.109. The van der Waals surface area contributed by atoms with E-state index in [0.717, 1.165) is 0 Å². The summed E-state index contributed by atoms with van der Waals surface area (Å²) in [7, 11) is -3.32. The smallest absolute Gasteiger partial charge is 0.317 e. The highest BCUT2D eigenvalue weighted by Gasteiger charge is 2.31. The van der Waals surface area contributed by atoms with Gasteiger partial charge in [-0.25, -0.2) is 13.4 Å². The second-order valence-electron chi connectivity index (χ2n) is 7.29. The Hall–Kier alpha value is -2.50. The predicted octanol–water partition coefficient (Wildman–Crippen LogP) is 0.903. The Kier molecular flexibility index (Phi) is 7.63. The number of hydrogen-bond donors (Lipinski definition) is 0. The normalized spacial score (nSPS) is 15.4. The molecule has 0 atom stereocenters. The van der Waals surface area contributed by atoms with Crippen molar-refractivity contribution < 1.29 is 17.9 Å². The fraction of sp³-hybridized carbons (Fsp3) is 0.550. The number of anilines is 1. The van der Waals surface area contributed by atoms with Gasteiger partial charge in [0, 0.05) is 39.0 Å². The van der Waals surface area contributed by atoms with Crippen LogP contribution in [0.3, 0.4) is 0 Å². The largest absolute Gasteiger partial charge is 0.484 e. The molecule has 0 radical (unpaired) electrons. The molecule has 0 N–H and O–H groups in total. The first kappa shape index (κ1) is 23.2. The van der Waals surface area contributed by atoms with Crippen molar-refractivity contribution in [2.75, 3.05) is 50.9 Å². The minimum atomic E-state index is -3.32. The van der Waals surface area contributed by atoms with Crippen molar-refractivity contribution in [2.45, 2.75) is 26.0 Å². The highest BCUT2D eigenvalue weighted by molar-refractivity contribution is 7.89. The zero-order chi connectivity index (χ0) is 22.4. The van der Waals surface area contributed by atoms with Crippen LogP contribution in [0.4, 0.5) is 5.69 Å². The zero-order valence-corrected chi connectivity index (χ0v) is 18.9. The van der Waals surface area contributed by atoms with Crippen LogP contribution in [-0.2, 0) is 14.8 Å². The quantitative estimate of drug-likeness (QED) is 0.518. The van der Waals surface area contributed by atoms with E-state index in [1.165, 1.54) is 8.99 Å². The molecule has 170 valence electrons. The molecule has 0 amide bonds. The number of sulfonamides is 1. The Balaban J connectivity index is 1.87. The molecule has 1 aliphatic rings. The summed E-state index contributed by atoms with van der Waals surface area (Å²) in [5.41, 5.74) is 0.111. The Morgan fingerprint density at radius 2 is 1.87 bits per heavy atom. The maximum atomic E-state index is 13.2. The number of pyridine rings is 1. The molecule has 10 nitrogen and oxygen atoms in total. The third-order valence-corrected chi connectivity index (χ3v) is 7.27. The molecule has 11 heteroatoms. The predicted molar refractivity (Wildman–Crippen MR) is 117 cm³/mol. The number of aromatic nitrogens is 3. The minimum Gasteiger partial charge on any atom is -0.484 e. The van der Waals surface area contributed by atoms with Gasteiger partial charge in [0.1, 0.15) is 12.3 Å². The van der Waals surface area contributed by atoms with Crippen LogP contribution in [0, 0.1) is 0 Å². The van der Waals surface area contributed by atoms with E-state index in [4.69, 9.17) is 9.47 Å². The van der Waals surface area contributed by atoms with Gasteiger partial charge in [-0.3, -0.25) is 4.79 Å². The topological polar surface area (TPSA) is 107 Å². The van der Waals surface area contributed by atoms with Crippen molar-refractivity contribution in [3.63, 3.8) is 0 Å². The molecule has 2 aromatic rings. The van der Waals surface area contributed by atoms with Crippen LogP contribution in [-0.4, -0.2) is 78.7 Å². The first-order valence-electron chi connectivity index (χ1n) is 10.3. The van der Waals surface area contributed by atoms with Gasteiger partial charge in [-0.1, -0.05) is 6.07 Å². The van der Waals surface area contributed by atoms with E-state index in [9.17, 15) is 13.2 Å². The number of piperazine rings is 1. The number of hydrogen-bond acceptors (Lipinski definition) is 8. The molecule has 31 heavy (non-hydrogen) atoms. The Morgan fingerprint density at radius 1 is 1.13 bits per heavy atom. The molecular formula is C20H29N5O5S. The molecule has 0 unspecified atom stereocenters. The van der Waals surface area contributed by atoms with Crippen LogP contribution < -0.4 is 15.2 Å². The maximum Gasteiger partial charge on any atom is 0.317 e. The van der Waals surface area contributed by atoms with Crippen LogP contribution in [0.1, 0.15) is 20.8 Å². The van der Waals surface area contributed by atoms with Gasteiger partial charge in [-0.15, -0.1) is 0 Å². The lowest BCUT2D eigenvalue weighted by atomic mass is 10.3. The lowest BCUT2D eigenvalue weighted by Gasteiger charge is -2.36. The molecule has 0 spiro atoms. The Labute approximate surface area is 182 Å². The van der Waals surface area contributed by atoms with E-state index >= 15 is 0 Å². The first-order valence-corrected chi connectivity index (χ1v) is 11.8. The van der Waals surface area contributed by atoms with E-state index in [1.54, 1.807) is 44.4 Å². The molecule has 3 heterocycles. The summed E-state index contributed by atoms with van der Waals surface area (Å²) >= 11 is 0. The fourth-order valence-corrected chi connectivity index (χ4v) is 4.53. The standard InChI is InChI=1S/C20H29N5O5S/c1-4-29-13-14-30-19-17(15-22-25(20(19)26)18-7-5-6-8-21-18)23-9-11-24(12-10-23)31(27,28)16(2)3/h5-8,15-16H,4,9-14H2,1-3H3. The summed E-state index contributed by atoms with van der Waals surface area (Å²) in [6.45, 7) is 7.88. The Morgan fingerprint density at radius 3 is 2.48 bits per heavy atom. The van der Waals surface area contributed by atoms with E-state index in [0.29, 0.717) is 50.9 Å². The van der Waals surface area contributed by atoms with Gasteiger partial charge < -0.3 is 14.4 Å². The van der Waals surface area contributed by atoms with Crippen molar-refractivity contribution in [1.29, 1.82) is 0 Å². The highest BCUT2D eigenvalue weighted by atomic mass is 32.2. The second kappa shape index (κ2) is 10.2. The molecule has 1 aliphatic heterocycles. The van der Waals surface area contributed by atoms with E-state index < -0.39 is 20.8 Å². The van der Waals surface area contributed by atoms with E-state index in [2.05, 4.69) is 10.1 Å². The van der Waals surface area contributed by atoms with Crippen molar-refractivity contribution in [2.24, 2.45) is 0 Å². The molecule has 0 aliphatic carbocycles. The highest BCUT2D eigenvalue weighted by Crippen LogP contribution is 2.26. The van der Waals surface area contributed by atoms with Crippen molar-refractivity contribution in [3.05, 3.63) is 40.9 Å². The van der Waals surface area contributed by atoms with Crippen molar-refractivity contribution in [1.82, 2.24) is 19.1 Å². The summed E-state index contributed by atoms with van der Waals surface area (Å²) in [4.78, 5) is 19.3. The van der Waals surface area contributed by atoms with Gasteiger partial charge in [0.15, 0.2) is 5.82 Å². The van der Waals surface area contributed by atoms with E-state index in [-0.39, 0.29) is 12.4 Å². The van der Waals surface area contributed by atoms with Crippen molar-refractivity contribution in [3.8, 4) is 11.6 Å². The third kappa shape index (κ3) is 5.23. The summed E-state index contributed by atoms with van der Waals surface area (Å²) in [5, 5.41) is 3.81.